The van der Waals surface area contributed by atoms with E-state index in [1.165, 1.54) is 11.6 Å². The van der Waals surface area contributed by atoms with Gasteiger partial charge in [0.05, 0.1) is 17.5 Å². The summed E-state index contributed by atoms with van der Waals surface area (Å²) in [5.41, 5.74) is 3.95. The molecule has 2 amide bonds. The Morgan fingerprint density at radius 1 is 0.923 bits per heavy atom. The predicted octanol–water partition coefficient (Wildman–Crippen LogP) is 5.52. The van der Waals surface area contributed by atoms with Crippen LogP contribution in [0.15, 0.2) is 85.3 Å². The number of piperidine rings is 1. The van der Waals surface area contributed by atoms with Gasteiger partial charge in [-0.1, -0.05) is 18.2 Å². The molecular weight excluding hydrogens is 493 g/mol. The summed E-state index contributed by atoms with van der Waals surface area (Å²) in [7, 11) is 0. The molecule has 0 atom stereocenters. The lowest BCUT2D eigenvalue weighted by atomic mass is 9.89. The fourth-order valence-corrected chi connectivity index (χ4v) is 5.16. The summed E-state index contributed by atoms with van der Waals surface area (Å²) in [4.78, 5) is 40.3. The number of nitrogens with zero attached hydrogens (tertiary/aromatic N) is 4. The minimum Gasteiger partial charge on any atom is -0.337 e. The summed E-state index contributed by atoms with van der Waals surface area (Å²) >= 11 is 0. The molecule has 1 saturated heterocycles. The van der Waals surface area contributed by atoms with Crippen LogP contribution in [-0.4, -0.2) is 44.8 Å². The van der Waals surface area contributed by atoms with Crippen molar-refractivity contribution in [3.63, 3.8) is 0 Å². The molecule has 194 valence electrons. The number of rotatable bonds is 5. The second kappa shape index (κ2) is 10.6. The van der Waals surface area contributed by atoms with E-state index in [1.54, 1.807) is 36.8 Å². The highest BCUT2D eigenvalue weighted by Crippen LogP contribution is 2.29. The topological polar surface area (TPSA) is 88.1 Å². The molecule has 0 aliphatic carbocycles. The summed E-state index contributed by atoms with van der Waals surface area (Å²) in [6, 6.07) is 19.9. The van der Waals surface area contributed by atoms with E-state index >= 15 is 0 Å². The number of carbonyl (C=O) groups is 2. The summed E-state index contributed by atoms with van der Waals surface area (Å²) in [6.45, 7) is 1.32. The maximum atomic E-state index is 14.5. The molecule has 5 aromatic rings. The highest BCUT2D eigenvalue weighted by atomic mass is 19.1. The van der Waals surface area contributed by atoms with Gasteiger partial charge in [0.1, 0.15) is 11.5 Å². The Labute approximate surface area is 224 Å². The third-order valence-corrected chi connectivity index (χ3v) is 7.28. The van der Waals surface area contributed by atoms with Crippen LogP contribution in [0.25, 0.3) is 21.8 Å². The molecule has 4 heterocycles. The molecule has 0 spiro atoms. The molecule has 6 rings (SSSR count). The third kappa shape index (κ3) is 5.31. The van der Waals surface area contributed by atoms with Gasteiger partial charge in [0.15, 0.2) is 0 Å². The first-order chi connectivity index (χ1) is 19.0. The number of hydrogen-bond donors (Lipinski definition) is 1. The third-order valence-electron chi connectivity index (χ3n) is 7.28. The quantitative estimate of drug-likeness (QED) is 0.330. The molecule has 0 bridgehead atoms. The van der Waals surface area contributed by atoms with Crippen LogP contribution in [0.5, 0.6) is 0 Å². The molecule has 1 N–H and O–H groups in total. The Balaban J connectivity index is 1.04. The normalized spacial score (nSPS) is 14.0. The number of carbonyl (C=O) groups excluding carboxylic acids is 2. The number of fused-ring (bicyclic) bond motifs is 2. The predicted molar refractivity (Wildman–Crippen MR) is 148 cm³/mol. The zero-order chi connectivity index (χ0) is 26.8. The van der Waals surface area contributed by atoms with Crippen molar-refractivity contribution in [2.75, 3.05) is 18.4 Å². The lowest BCUT2D eigenvalue weighted by Gasteiger charge is -2.32. The van der Waals surface area contributed by atoms with Gasteiger partial charge in [0.25, 0.3) is 5.91 Å². The van der Waals surface area contributed by atoms with E-state index in [0.29, 0.717) is 41.5 Å². The van der Waals surface area contributed by atoms with E-state index in [1.807, 2.05) is 47.4 Å². The molecule has 7 nitrogen and oxygen atoms in total. The van der Waals surface area contributed by atoms with Gasteiger partial charge in [0, 0.05) is 54.2 Å². The summed E-state index contributed by atoms with van der Waals surface area (Å²) in [6.07, 6.45) is 6.67. The SMILES string of the molecule is O=C(Cc1cc2cccnc2cc1F)Nc1ccc(C2CCN(C(=O)c3ccc4cnccc4n3)CC2)cc1. The van der Waals surface area contributed by atoms with Gasteiger partial charge in [-0.05, 0) is 72.4 Å². The molecule has 39 heavy (non-hydrogen) atoms. The summed E-state index contributed by atoms with van der Waals surface area (Å²) in [5.74, 6) is -0.445. The van der Waals surface area contributed by atoms with Crippen LogP contribution >= 0.6 is 0 Å². The molecule has 1 aliphatic rings. The Morgan fingerprint density at radius 2 is 1.74 bits per heavy atom. The van der Waals surface area contributed by atoms with E-state index in [4.69, 9.17) is 0 Å². The number of halogens is 1. The number of aromatic nitrogens is 3. The highest BCUT2D eigenvalue weighted by Gasteiger charge is 2.25. The lowest BCUT2D eigenvalue weighted by molar-refractivity contribution is -0.115. The van der Waals surface area contributed by atoms with Gasteiger partial charge in [-0.3, -0.25) is 19.6 Å². The minimum atomic E-state index is -0.440. The lowest BCUT2D eigenvalue weighted by Crippen LogP contribution is -2.38. The Hall–Kier alpha value is -4.72. The molecule has 8 heteroatoms. The van der Waals surface area contributed by atoms with Gasteiger partial charge >= 0.3 is 0 Å². The van der Waals surface area contributed by atoms with Gasteiger partial charge < -0.3 is 10.2 Å². The van der Waals surface area contributed by atoms with E-state index < -0.39 is 5.82 Å². The van der Waals surface area contributed by atoms with Crippen molar-refractivity contribution in [3.05, 3.63) is 108 Å². The van der Waals surface area contributed by atoms with Crippen LogP contribution in [0.4, 0.5) is 10.1 Å². The van der Waals surface area contributed by atoms with Crippen LogP contribution in [0.3, 0.4) is 0 Å². The van der Waals surface area contributed by atoms with Crippen molar-refractivity contribution >= 4 is 39.3 Å². The van der Waals surface area contributed by atoms with Crippen LogP contribution < -0.4 is 5.32 Å². The molecule has 0 unspecified atom stereocenters. The molecule has 0 saturated carbocycles. The van der Waals surface area contributed by atoms with E-state index in [-0.39, 0.29) is 18.2 Å². The van der Waals surface area contributed by atoms with Crippen LogP contribution in [0.2, 0.25) is 0 Å². The van der Waals surface area contributed by atoms with E-state index in [9.17, 15) is 14.0 Å². The highest BCUT2D eigenvalue weighted by molar-refractivity contribution is 5.95. The zero-order valence-corrected chi connectivity index (χ0v) is 21.2. The summed E-state index contributed by atoms with van der Waals surface area (Å²) < 4.78 is 14.5. The van der Waals surface area contributed by atoms with Crippen molar-refractivity contribution < 1.29 is 14.0 Å². The number of nitrogens with one attached hydrogen (secondary N) is 1. The van der Waals surface area contributed by atoms with E-state index in [2.05, 4.69) is 20.3 Å². The number of pyridine rings is 3. The maximum absolute atomic E-state index is 14.5. The number of amides is 2. The Bertz CT molecular complexity index is 1680. The first kappa shape index (κ1) is 24.6. The zero-order valence-electron chi connectivity index (χ0n) is 21.2. The second-order valence-corrected chi connectivity index (χ2v) is 9.82. The van der Waals surface area contributed by atoms with Crippen molar-refractivity contribution in [2.24, 2.45) is 0 Å². The molecule has 3 aromatic heterocycles. The molecule has 0 radical (unpaired) electrons. The average molecular weight is 520 g/mol. The van der Waals surface area contributed by atoms with Crippen LogP contribution in [-0.2, 0) is 11.2 Å². The largest absolute Gasteiger partial charge is 0.337 e. The smallest absolute Gasteiger partial charge is 0.272 e. The number of likely N-dealkylation sites (tertiary alicyclic amines) is 1. The summed E-state index contributed by atoms with van der Waals surface area (Å²) in [5, 5.41) is 4.57. The molecular formula is C31H26FN5O2. The first-order valence-electron chi connectivity index (χ1n) is 13.0. The van der Waals surface area contributed by atoms with Gasteiger partial charge in [-0.15, -0.1) is 0 Å². The minimum absolute atomic E-state index is 0.0515. The number of hydrogen-bond acceptors (Lipinski definition) is 5. The Morgan fingerprint density at radius 3 is 2.56 bits per heavy atom. The van der Waals surface area contributed by atoms with Gasteiger partial charge in [-0.25, -0.2) is 9.37 Å². The number of benzene rings is 2. The Kier molecular flexibility index (Phi) is 6.67. The molecule has 1 fully saturated rings. The molecule has 2 aromatic carbocycles. The first-order valence-corrected chi connectivity index (χ1v) is 13.0. The average Bonchev–Trinajstić information content (AvgIpc) is 2.97. The fourth-order valence-electron chi connectivity index (χ4n) is 5.16. The van der Waals surface area contributed by atoms with Gasteiger partial charge in [0.2, 0.25) is 5.91 Å². The van der Waals surface area contributed by atoms with Crippen molar-refractivity contribution in [2.45, 2.75) is 25.2 Å². The van der Waals surface area contributed by atoms with E-state index in [0.717, 1.165) is 29.1 Å². The van der Waals surface area contributed by atoms with Crippen LogP contribution in [0, 0.1) is 5.82 Å². The van der Waals surface area contributed by atoms with Crippen molar-refractivity contribution in [1.82, 2.24) is 19.9 Å². The number of anilines is 1. The molecule has 1 aliphatic heterocycles. The monoisotopic (exact) mass is 519 g/mol. The fraction of sp³-hybridized carbons (Fsp3) is 0.194. The van der Waals surface area contributed by atoms with Gasteiger partial charge in [-0.2, -0.15) is 0 Å². The van der Waals surface area contributed by atoms with Crippen LogP contribution in [0.1, 0.15) is 40.4 Å². The second-order valence-electron chi connectivity index (χ2n) is 9.82. The van der Waals surface area contributed by atoms with Crippen molar-refractivity contribution in [1.29, 1.82) is 0 Å². The standard InChI is InChI=1S/C31H26FN5O2/c32-26-18-29-22(2-1-12-34-29)16-24(26)17-30(38)35-25-6-3-20(4-7-25)21-10-14-37(15-11-21)31(39)28-8-5-23-19-33-13-9-27(23)36-28/h1-9,12-13,16,18-19,21H,10-11,14-15,17H2,(H,35,38). The maximum Gasteiger partial charge on any atom is 0.272 e. The van der Waals surface area contributed by atoms with Crippen molar-refractivity contribution in [3.8, 4) is 0 Å².